The van der Waals surface area contributed by atoms with Crippen molar-refractivity contribution in [2.45, 2.75) is 11.8 Å². The van der Waals surface area contributed by atoms with Crippen molar-refractivity contribution in [1.82, 2.24) is 10.3 Å². The molecule has 2 heterocycles. The average Bonchev–Trinajstić information content (AvgIpc) is 3.06. The van der Waals surface area contributed by atoms with E-state index in [1.165, 1.54) is 0 Å². The van der Waals surface area contributed by atoms with Gasteiger partial charge in [0.15, 0.2) is 0 Å². The van der Waals surface area contributed by atoms with E-state index in [2.05, 4.69) is 16.4 Å². The topological polar surface area (TPSA) is 48.7 Å². The van der Waals surface area contributed by atoms with Crippen molar-refractivity contribution in [2.75, 3.05) is 13.1 Å². The van der Waals surface area contributed by atoms with E-state index in [1.54, 1.807) is 6.20 Å². The first kappa shape index (κ1) is 12.8. The SMILES string of the molecule is N#CC(c1ccccc1)(c1ccccn1)C1CCNC1. The maximum atomic E-state index is 10.0. The zero-order chi connectivity index (χ0) is 13.8. The summed E-state index contributed by atoms with van der Waals surface area (Å²) in [5.74, 6) is 0.254. The molecule has 0 saturated carbocycles. The van der Waals surface area contributed by atoms with Crippen molar-refractivity contribution in [2.24, 2.45) is 5.92 Å². The molecule has 1 N–H and O–H groups in total. The van der Waals surface area contributed by atoms with Crippen LogP contribution in [0.5, 0.6) is 0 Å². The number of hydrogen-bond donors (Lipinski definition) is 1. The fourth-order valence-corrected chi connectivity index (χ4v) is 3.13. The molecule has 3 heteroatoms. The molecule has 0 aliphatic carbocycles. The second-order valence-corrected chi connectivity index (χ2v) is 5.19. The van der Waals surface area contributed by atoms with E-state index >= 15 is 0 Å². The molecule has 0 radical (unpaired) electrons. The summed E-state index contributed by atoms with van der Waals surface area (Å²) in [5.41, 5.74) is 1.23. The number of aromatic nitrogens is 1. The van der Waals surface area contributed by atoms with Gasteiger partial charge < -0.3 is 5.32 Å². The molecule has 1 aromatic carbocycles. The van der Waals surface area contributed by atoms with Crippen LogP contribution in [0.1, 0.15) is 17.7 Å². The van der Waals surface area contributed by atoms with Crippen molar-refractivity contribution >= 4 is 0 Å². The molecule has 3 rings (SSSR count). The van der Waals surface area contributed by atoms with E-state index in [1.807, 2.05) is 48.5 Å². The summed E-state index contributed by atoms with van der Waals surface area (Å²) < 4.78 is 0. The Balaban J connectivity index is 2.19. The fraction of sp³-hybridized carbons (Fsp3) is 0.294. The lowest BCUT2D eigenvalue weighted by molar-refractivity contribution is 0.416. The molecular formula is C17H17N3. The molecule has 1 aliphatic rings. The molecule has 1 saturated heterocycles. The van der Waals surface area contributed by atoms with E-state index in [4.69, 9.17) is 0 Å². The normalized spacial score (nSPS) is 21.1. The van der Waals surface area contributed by atoms with Gasteiger partial charge in [0, 0.05) is 18.7 Å². The number of benzene rings is 1. The highest BCUT2D eigenvalue weighted by molar-refractivity contribution is 5.44. The largest absolute Gasteiger partial charge is 0.316 e. The lowest BCUT2D eigenvalue weighted by Crippen LogP contribution is -2.37. The zero-order valence-corrected chi connectivity index (χ0v) is 11.3. The van der Waals surface area contributed by atoms with Crippen LogP contribution in [-0.4, -0.2) is 18.1 Å². The van der Waals surface area contributed by atoms with E-state index in [0.717, 1.165) is 30.8 Å². The van der Waals surface area contributed by atoms with Crippen molar-refractivity contribution in [3.05, 3.63) is 66.0 Å². The van der Waals surface area contributed by atoms with Crippen LogP contribution in [0.2, 0.25) is 0 Å². The van der Waals surface area contributed by atoms with Crippen LogP contribution in [0, 0.1) is 17.2 Å². The molecule has 20 heavy (non-hydrogen) atoms. The lowest BCUT2D eigenvalue weighted by Gasteiger charge is -2.32. The first-order valence-electron chi connectivity index (χ1n) is 6.97. The van der Waals surface area contributed by atoms with Crippen LogP contribution in [0.25, 0.3) is 0 Å². The third kappa shape index (κ3) is 1.99. The monoisotopic (exact) mass is 263 g/mol. The second-order valence-electron chi connectivity index (χ2n) is 5.19. The van der Waals surface area contributed by atoms with Gasteiger partial charge in [0.05, 0.1) is 11.8 Å². The van der Waals surface area contributed by atoms with Crippen molar-refractivity contribution in [3.8, 4) is 6.07 Å². The third-order valence-corrected chi connectivity index (χ3v) is 4.15. The van der Waals surface area contributed by atoms with Gasteiger partial charge in [0.25, 0.3) is 0 Å². The predicted molar refractivity (Wildman–Crippen MR) is 78.0 cm³/mol. The first-order valence-corrected chi connectivity index (χ1v) is 6.97. The van der Waals surface area contributed by atoms with E-state index in [0.29, 0.717) is 0 Å². The molecule has 0 spiro atoms. The Morgan fingerprint density at radius 1 is 1.15 bits per heavy atom. The van der Waals surface area contributed by atoms with Gasteiger partial charge in [0.2, 0.25) is 0 Å². The molecule has 100 valence electrons. The number of nitrogens with zero attached hydrogens (tertiary/aromatic N) is 2. The fourth-order valence-electron chi connectivity index (χ4n) is 3.13. The number of nitriles is 1. The molecule has 1 aromatic heterocycles. The third-order valence-electron chi connectivity index (χ3n) is 4.15. The van der Waals surface area contributed by atoms with Crippen LogP contribution in [-0.2, 0) is 5.41 Å². The predicted octanol–water partition coefficient (Wildman–Crippen LogP) is 2.50. The number of nitrogens with one attached hydrogen (secondary N) is 1. The Morgan fingerprint density at radius 2 is 1.95 bits per heavy atom. The van der Waals surface area contributed by atoms with Gasteiger partial charge in [-0.05, 0) is 30.7 Å². The molecule has 2 aromatic rings. The molecule has 2 atom stereocenters. The van der Waals surface area contributed by atoms with Crippen molar-refractivity contribution in [1.29, 1.82) is 5.26 Å². The Bertz CT molecular complexity index is 556. The Hall–Kier alpha value is -2.18. The minimum atomic E-state index is -0.661. The van der Waals surface area contributed by atoms with E-state index in [9.17, 15) is 5.26 Å². The average molecular weight is 263 g/mol. The standard InChI is InChI=1S/C17H17N3/c18-13-17(15-9-11-19-12-15,14-6-2-1-3-7-14)16-8-4-5-10-20-16/h1-8,10,15,19H,9,11-12H2. The Kier molecular flexibility index (Phi) is 3.49. The van der Waals surface area contributed by atoms with Crippen LogP contribution in [0.4, 0.5) is 0 Å². The van der Waals surface area contributed by atoms with E-state index < -0.39 is 5.41 Å². The van der Waals surface area contributed by atoms with Crippen molar-refractivity contribution < 1.29 is 0 Å². The van der Waals surface area contributed by atoms with E-state index in [-0.39, 0.29) is 5.92 Å². The summed E-state index contributed by atoms with van der Waals surface area (Å²) in [6.07, 6.45) is 2.77. The summed E-state index contributed by atoms with van der Waals surface area (Å²) in [6, 6.07) is 18.4. The van der Waals surface area contributed by atoms with Crippen molar-refractivity contribution in [3.63, 3.8) is 0 Å². The lowest BCUT2D eigenvalue weighted by atomic mass is 9.68. The summed E-state index contributed by atoms with van der Waals surface area (Å²) >= 11 is 0. The van der Waals surface area contributed by atoms with Crippen LogP contribution in [0.15, 0.2) is 54.7 Å². The quantitative estimate of drug-likeness (QED) is 0.925. The van der Waals surface area contributed by atoms with Crippen LogP contribution < -0.4 is 5.32 Å². The molecule has 2 unspecified atom stereocenters. The second kappa shape index (κ2) is 5.44. The van der Waals surface area contributed by atoms with Gasteiger partial charge in [-0.25, -0.2) is 0 Å². The highest BCUT2D eigenvalue weighted by atomic mass is 14.9. The van der Waals surface area contributed by atoms with Gasteiger partial charge in [-0.1, -0.05) is 36.4 Å². The Morgan fingerprint density at radius 3 is 2.55 bits per heavy atom. The van der Waals surface area contributed by atoms with Gasteiger partial charge in [-0.3, -0.25) is 4.98 Å². The molecular weight excluding hydrogens is 246 g/mol. The molecule has 0 amide bonds. The summed E-state index contributed by atoms with van der Waals surface area (Å²) in [7, 11) is 0. The van der Waals surface area contributed by atoms with Gasteiger partial charge >= 0.3 is 0 Å². The highest BCUT2D eigenvalue weighted by Crippen LogP contribution is 2.40. The number of hydrogen-bond acceptors (Lipinski definition) is 3. The summed E-state index contributed by atoms with van der Waals surface area (Å²) in [5, 5.41) is 13.4. The highest BCUT2D eigenvalue weighted by Gasteiger charge is 2.44. The molecule has 3 nitrogen and oxygen atoms in total. The summed E-state index contributed by atoms with van der Waals surface area (Å²) in [4.78, 5) is 4.49. The minimum absolute atomic E-state index is 0.254. The number of pyridine rings is 1. The van der Waals surface area contributed by atoms with Gasteiger partial charge in [0.1, 0.15) is 5.41 Å². The Labute approximate surface area is 119 Å². The molecule has 1 fully saturated rings. The molecule has 0 bridgehead atoms. The van der Waals surface area contributed by atoms with Crippen LogP contribution in [0.3, 0.4) is 0 Å². The zero-order valence-electron chi connectivity index (χ0n) is 11.3. The summed E-state index contributed by atoms with van der Waals surface area (Å²) in [6.45, 7) is 1.83. The maximum Gasteiger partial charge on any atom is 0.128 e. The maximum absolute atomic E-state index is 10.0. The van der Waals surface area contributed by atoms with Crippen LogP contribution >= 0.6 is 0 Å². The van der Waals surface area contributed by atoms with Gasteiger partial charge in [-0.15, -0.1) is 0 Å². The van der Waals surface area contributed by atoms with Gasteiger partial charge in [-0.2, -0.15) is 5.26 Å². The minimum Gasteiger partial charge on any atom is -0.316 e. The smallest absolute Gasteiger partial charge is 0.128 e. The first-order chi connectivity index (χ1) is 9.88. The molecule has 1 aliphatic heterocycles. The number of rotatable bonds is 3.